The highest BCUT2D eigenvalue weighted by atomic mass is 32.1. The lowest BCUT2D eigenvalue weighted by molar-refractivity contribution is 1.25. The number of benzene rings is 2. The van der Waals surface area contributed by atoms with E-state index in [0.29, 0.717) is 11.6 Å². The minimum atomic E-state index is 0.531. The van der Waals surface area contributed by atoms with Gasteiger partial charge in [0.25, 0.3) is 0 Å². The standard InChI is InChI=1S/C16H11N3S/c17-15-11-6-2-3-7-12(11)18-16(19-15)14-9-10-5-1-4-8-13(10)20-14/h1-9H,(H2,17,18,19). The Labute approximate surface area is 119 Å². The van der Waals surface area contributed by atoms with Gasteiger partial charge in [0.1, 0.15) is 5.82 Å². The van der Waals surface area contributed by atoms with Crippen molar-refractivity contribution < 1.29 is 0 Å². The van der Waals surface area contributed by atoms with Gasteiger partial charge in [-0.05, 0) is 29.7 Å². The Kier molecular flexibility index (Phi) is 2.44. The van der Waals surface area contributed by atoms with E-state index in [1.54, 1.807) is 11.3 Å². The van der Waals surface area contributed by atoms with Crippen LogP contribution in [0.5, 0.6) is 0 Å². The fraction of sp³-hybridized carbons (Fsp3) is 0. The van der Waals surface area contributed by atoms with Gasteiger partial charge >= 0.3 is 0 Å². The van der Waals surface area contributed by atoms with Crippen LogP contribution in [0.25, 0.3) is 31.7 Å². The first kappa shape index (κ1) is 11.4. The molecule has 0 spiro atoms. The molecule has 0 amide bonds. The molecule has 0 saturated heterocycles. The minimum Gasteiger partial charge on any atom is -0.383 e. The SMILES string of the molecule is Nc1nc(-c2cc3ccccc3s2)nc2ccccc12. The zero-order valence-corrected chi connectivity index (χ0v) is 11.4. The van der Waals surface area contributed by atoms with Gasteiger partial charge in [0.15, 0.2) is 5.82 Å². The first-order chi connectivity index (χ1) is 9.81. The molecule has 0 radical (unpaired) electrons. The molecule has 0 aliphatic rings. The number of rotatable bonds is 1. The van der Waals surface area contributed by atoms with E-state index in [-0.39, 0.29) is 0 Å². The number of nitrogens with two attached hydrogens (primary N) is 1. The molecule has 0 bridgehead atoms. The molecular weight excluding hydrogens is 266 g/mol. The maximum Gasteiger partial charge on any atom is 0.172 e. The molecule has 4 rings (SSSR count). The van der Waals surface area contributed by atoms with Gasteiger partial charge < -0.3 is 5.73 Å². The molecule has 2 N–H and O–H groups in total. The number of anilines is 1. The van der Waals surface area contributed by atoms with Crippen LogP contribution in [0, 0.1) is 0 Å². The van der Waals surface area contributed by atoms with Gasteiger partial charge in [-0.3, -0.25) is 0 Å². The fourth-order valence-electron chi connectivity index (χ4n) is 2.30. The Morgan fingerprint density at radius 1 is 0.900 bits per heavy atom. The summed E-state index contributed by atoms with van der Waals surface area (Å²) in [5, 5.41) is 2.11. The second kappa shape index (κ2) is 4.28. The number of nitrogens with zero attached hydrogens (tertiary/aromatic N) is 2. The monoisotopic (exact) mass is 277 g/mol. The van der Waals surface area contributed by atoms with Crippen LogP contribution in [0.2, 0.25) is 0 Å². The van der Waals surface area contributed by atoms with Crippen LogP contribution in [-0.4, -0.2) is 9.97 Å². The highest BCUT2D eigenvalue weighted by Gasteiger charge is 2.09. The molecule has 0 atom stereocenters. The molecule has 2 aromatic heterocycles. The zero-order chi connectivity index (χ0) is 13.5. The third-order valence-electron chi connectivity index (χ3n) is 3.28. The summed E-state index contributed by atoms with van der Waals surface area (Å²) in [4.78, 5) is 10.1. The molecule has 2 aromatic carbocycles. The van der Waals surface area contributed by atoms with Gasteiger partial charge in [0.2, 0.25) is 0 Å². The molecule has 0 saturated carbocycles. The number of hydrogen-bond acceptors (Lipinski definition) is 4. The van der Waals surface area contributed by atoms with Crippen LogP contribution >= 0.6 is 11.3 Å². The van der Waals surface area contributed by atoms with Crippen LogP contribution in [0.3, 0.4) is 0 Å². The minimum absolute atomic E-state index is 0.531. The first-order valence-corrected chi connectivity index (χ1v) is 7.14. The summed E-state index contributed by atoms with van der Waals surface area (Å²) in [5.41, 5.74) is 6.92. The molecule has 0 unspecified atom stereocenters. The van der Waals surface area contributed by atoms with E-state index in [9.17, 15) is 0 Å². The lowest BCUT2D eigenvalue weighted by atomic mass is 10.2. The summed E-state index contributed by atoms with van der Waals surface area (Å²) in [6.07, 6.45) is 0. The van der Waals surface area contributed by atoms with Crippen molar-refractivity contribution in [2.75, 3.05) is 5.73 Å². The van der Waals surface area contributed by atoms with Crippen LogP contribution in [0.1, 0.15) is 0 Å². The fourth-order valence-corrected chi connectivity index (χ4v) is 3.30. The molecule has 0 aliphatic carbocycles. The van der Waals surface area contributed by atoms with Gasteiger partial charge in [-0.2, -0.15) is 0 Å². The van der Waals surface area contributed by atoms with E-state index in [0.717, 1.165) is 15.8 Å². The average Bonchev–Trinajstić information content (AvgIpc) is 2.91. The van der Waals surface area contributed by atoms with Crippen molar-refractivity contribution in [3.8, 4) is 10.7 Å². The summed E-state index contributed by atoms with van der Waals surface area (Å²) < 4.78 is 1.23. The second-order valence-electron chi connectivity index (χ2n) is 4.60. The van der Waals surface area contributed by atoms with Crippen molar-refractivity contribution >= 4 is 38.1 Å². The van der Waals surface area contributed by atoms with Gasteiger partial charge in [0, 0.05) is 10.1 Å². The summed E-state index contributed by atoms with van der Waals surface area (Å²) in [6.45, 7) is 0. The molecular formula is C16H11N3S. The lowest BCUT2D eigenvalue weighted by Gasteiger charge is -2.03. The Hall–Kier alpha value is -2.46. The second-order valence-corrected chi connectivity index (χ2v) is 5.68. The number of aromatic nitrogens is 2. The van der Waals surface area contributed by atoms with Crippen molar-refractivity contribution in [2.24, 2.45) is 0 Å². The summed E-state index contributed by atoms with van der Waals surface area (Å²) in [5.74, 6) is 1.23. The highest BCUT2D eigenvalue weighted by Crippen LogP contribution is 2.32. The molecule has 96 valence electrons. The Bertz CT molecular complexity index is 894. The molecule has 20 heavy (non-hydrogen) atoms. The van der Waals surface area contributed by atoms with Gasteiger partial charge in [-0.25, -0.2) is 9.97 Å². The third kappa shape index (κ3) is 1.73. The predicted molar refractivity (Wildman–Crippen MR) is 84.8 cm³/mol. The summed E-state index contributed by atoms with van der Waals surface area (Å²) >= 11 is 1.69. The number of hydrogen-bond donors (Lipinski definition) is 1. The van der Waals surface area contributed by atoms with E-state index < -0.39 is 0 Å². The number of para-hydroxylation sites is 1. The summed E-state index contributed by atoms with van der Waals surface area (Å²) in [6, 6.07) is 18.2. The normalized spacial score (nSPS) is 11.2. The molecule has 4 heteroatoms. The van der Waals surface area contributed by atoms with Gasteiger partial charge in [0.05, 0.1) is 10.4 Å². The van der Waals surface area contributed by atoms with Crippen LogP contribution in [-0.2, 0) is 0 Å². The Morgan fingerprint density at radius 2 is 1.70 bits per heavy atom. The quantitative estimate of drug-likeness (QED) is 0.570. The zero-order valence-electron chi connectivity index (χ0n) is 10.6. The van der Waals surface area contributed by atoms with Crippen molar-refractivity contribution in [1.29, 1.82) is 0 Å². The number of thiophene rings is 1. The van der Waals surface area contributed by atoms with Gasteiger partial charge in [-0.15, -0.1) is 11.3 Å². The van der Waals surface area contributed by atoms with Crippen LogP contribution in [0.15, 0.2) is 54.6 Å². The van der Waals surface area contributed by atoms with E-state index in [1.807, 2.05) is 36.4 Å². The van der Waals surface area contributed by atoms with Gasteiger partial charge in [-0.1, -0.05) is 30.3 Å². The Balaban J connectivity index is 1.97. The average molecular weight is 277 g/mol. The van der Waals surface area contributed by atoms with Crippen LogP contribution in [0.4, 0.5) is 5.82 Å². The van der Waals surface area contributed by atoms with E-state index >= 15 is 0 Å². The van der Waals surface area contributed by atoms with E-state index in [4.69, 9.17) is 5.73 Å². The van der Waals surface area contributed by atoms with Crippen LogP contribution < -0.4 is 5.73 Å². The maximum atomic E-state index is 6.04. The molecule has 2 heterocycles. The lowest BCUT2D eigenvalue weighted by Crippen LogP contribution is -1.96. The topological polar surface area (TPSA) is 51.8 Å². The van der Waals surface area contributed by atoms with Crippen molar-refractivity contribution in [3.63, 3.8) is 0 Å². The molecule has 4 aromatic rings. The van der Waals surface area contributed by atoms with Crippen molar-refractivity contribution in [1.82, 2.24) is 9.97 Å². The highest BCUT2D eigenvalue weighted by molar-refractivity contribution is 7.22. The maximum absolute atomic E-state index is 6.04. The molecule has 3 nitrogen and oxygen atoms in total. The Morgan fingerprint density at radius 3 is 2.60 bits per heavy atom. The van der Waals surface area contributed by atoms with Crippen molar-refractivity contribution in [2.45, 2.75) is 0 Å². The number of fused-ring (bicyclic) bond motifs is 2. The largest absolute Gasteiger partial charge is 0.383 e. The van der Waals surface area contributed by atoms with E-state index in [1.165, 1.54) is 10.1 Å². The predicted octanol–water partition coefficient (Wildman–Crippen LogP) is 4.09. The number of nitrogen functional groups attached to an aromatic ring is 1. The summed E-state index contributed by atoms with van der Waals surface area (Å²) in [7, 11) is 0. The van der Waals surface area contributed by atoms with E-state index in [2.05, 4.69) is 28.2 Å². The molecule has 0 fully saturated rings. The third-order valence-corrected chi connectivity index (χ3v) is 4.39. The first-order valence-electron chi connectivity index (χ1n) is 6.32. The smallest absolute Gasteiger partial charge is 0.172 e. The molecule has 0 aliphatic heterocycles. The van der Waals surface area contributed by atoms with Crippen molar-refractivity contribution in [3.05, 3.63) is 54.6 Å².